The van der Waals surface area contributed by atoms with Gasteiger partial charge in [-0.15, -0.1) is 0 Å². The highest BCUT2D eigenvalue weighted by atomic mass is 32.2. The number of nitrogens with one attached hydrogen (secondary N) is 3. The first-order valence-corrected chi connectivity index (χ1v) is 14.7. The molecule has 6 rings (SSSR count). The van der Waals surface area contributed by atoms with E-state index in [4.69, 9.17) is 4.42 Å². The van der Waals surface area contributed by atoms with Crippen LogP contribution in [0.15, 0.2) is 125 Å². The summed E-state index contributed by atoms with van der Waals surface area (Å²) in [5.74, 6) is -1.63. The lowest BCUT2D eigenvalue weighted by molar-refractivity contribution is 0.0990. The third-order valence-electron chi connectivity index (χ3n) is 6.90. The minimum Gasteiger partial charge on any atom is -0.459 e. The summed E-state index contributed by atoms with van der Waals surface area (Å²) in [4.78, 5) is 39.5. The Kier molecular flexibility index (Phi) is 7.39. The van der Waals surface area contributed by atoms with Gasteiger partial charge in [0.25, 0.3) is 27.8 Å². The van der Waals surface area contributed by atoms with E-state index in [0.29, 0.717) is 22.1 Å². The second kappa shape index (κ2) is 11.5. The summed E-state index contributed by atoms with van der Waals surface area (Å²) < 4.78 is 37.8. The van der Waals surface area contributed by atoms with Crippen molar-refractivity contribution in [2.24, 2.45) is 0 Å². The molecular formula is C33H23N3O7S. The molecule has 3 amide bonds. The fourth-order valence-electron chi connectivity index (χ4n) is 4.82. The number of carbonyl (C=O) groups is 3. The number of rotatable bonds is 7. The Morgan fingerprint density at radius 3 is 1.84 bits per heavy atom. The maximum absolute atomic E-state index is 13.5. The maximum Gasteiger partial charge on any atom is 0.294 e. The summed E-state index contributed by atoms with van der Waals surface area (Å²) in [5, 5.41) is 11.1. The van der Waals surface area contributed by atoms with E-state index in [0.717, 1.165) is 10.8 Å². The Balaban J connectivity index is 1.35. The van der Waals surface area contributed by atoms with E-state index in [-0.39, 0.29) is 27.5 Å². The Bertz CT molecular complexity index is 2190. The van der Waals surface area contributed by atoms with Crippen LogP contribution in [0.5, 0.6) is 0 Å². The average molecular weight is 606 g/mol. The van der Waals surface area contributed by atoms with Crippen molar-refractivity contribution < 1.29 is 31.8 Å². The maximum atomic E-state index is 13.5. The number of hydrogen-bond donors (Lipinski definition) is 4. The van der Waals surface area contributed by atoms with Gasteiger partial charge in [0, 0.05) is 39.0 Å². The van der Waals surface area contributed by atoms with Crippen molar-refractivity contribution in [1.82, 2.24) is 0 Å². The highest BCUT2D eigenvalue weighted by Gasteiger charge is 2.18. The van der Waals surface area contributed by atoms with Crippen molar-refractivity contribution >= 4 is 66.4 Å². The molecule has 0 saturated heterocycles. The highest BCUT2D eigenvalue weighted by molar-refractivity contribution is 7.85. The smallest absolute Gasteiger partial charge is 0.294 e. The first kappa shape index (κ1) is 28.3. The lowest BCUT2D eigenvalue weighted by Crippen LogP contribution is -2.18. The zero-order valence-electron chi connectivity index (χ0n) is 22.8. The van der Waals surface area contributed by atoms with Crippen LogP contribution in [0.2, 0.25) is 0 Å². The number of benzene rings is 5. The van der Waals surface area contributed by atoms with Gasteiger partial charge in [-0.05, 0) is 65.4 Å². The molecule has 0 bridgehead atoms. The summed E-state index contributed by atoms with van der Waals surface area (Å²) in [6.07, 6.45) is 1.35. The minimum atomic E-state index is -4.42. The van der Waals surface area contributed by atoms with E-state index >= 15 is 0 Å². The molecule has 4 N–H and O–H groups in total. The van der Waals surface area contributed by atoms with Crippen LogP contribution in [-0.2, 0) is 10.1 Å². The third kappa shape index (κ3) is 5.91. The number of carbonyl (C=O) groups excluding carboxylic acids is 3. The average Bonchev–Trinajstić information content (AvgIpc) is 3.56. The molecule has 5 aromatic carbocycles. The predicted molar refractivity (Wildman–Crippen MR) is 167 cm³/mol. The molecule has 0 atom stereocenters. The van der Waals surface area contributed by atoms with Gasteiger partial charge in [0.2, 0.25) is 0 Å². The van der Waals surface area contributed by atoms with Gasteiger partial charge in [0.05, 0.1) is 11.2 Å². The Labute approximate surface area is 251 Å². The molecule has 218 valence electrons. The number of fused-ring (bicyclic) bond motifs is 2. The van der Waals surface area contributed by atoms with Gasteiger partial charge in [-0.25, -0.2) is 0 Å². The zero-order valence-corrected chi connectivity index (χ0v) is 23.6. The van der Waals surface area contributed by atoms with E-state index < -0.39 is 27.8 Å². The third-order valence-corrected chi connectivity index (χ3v) is 7.75. The van der Waals surface area contributed by atoms with E-state index in [1.54, 1.807) is 30.3 Å². The summed E-state index contributed by atoms with van der Waals surface area (Å²) in [7, 11) is -4.42. The van der Waals surface area contributed by atoms with Crippen LogP contribution in [0, 0.1) is 0 Å². The van der Waals surface area contributed by atoms with Crippen molar-refractivity contribution in [1.29, 1.82) is 0 Å². The first-order valence-electron chi connectivity index (χ1n) is 13.3. The van der Waals surface area contributed by atoms with Gasteiger partial charge >= 0.3 is 0 Å². The first-order chi connectivity index (χ1) is 21.2. The number of amides is 3. The predicted octanol–water partition coefficient (Wildman–Crippen LogP) is 6.59. The Morgan fingerprint density at radius 1 is 0.591 bits per heavy atom. The van der Waals surface area contributed by atoms with Crippen molar-refractivity contribution in [2.45, 2.75) is 4.90 Å². The Morgan fingerprint density at radius 2 is 1.20 bits per heavy atom. The van der Waals surface area contributed by atoms with Crippen LogP contribution in [0.1, 0.15) is 31.3 Å². The summed E-state index contributed by atoms with van der Waals surface area (Å²) >= 11 is 0. The van der Waals surface area contributed by atoms with E-state index in [1.165, 1.54) is 48.7 Å². The molecular weight excluding hydrogens is 582 g/mol. The molecule has 1 aromatic heterocycles. The highest BCUT2D eigenvalue weighted by Crippen LogP contribution is 2.28. The lowest BCUT2D eigenvalue weighted by atomic mass is 10.1. The van der Waals surface area contributed by atoms with Crippen LogP contribution >= 0.6 is 0 Å². The van der Waals surface area contributed by atoms with E-state index in [2.05, 4.69) is 16.0 Å². The molecule has 11 heteroatoms. The molecule has 0 radical (unpaired) electrons. The van der Waals surface area contributed by atoms with Gasteiger partial charge < -0.3 is 20.4 Å². The second-order valence-electron chi connectivity index (χ2n) is 9.83. The van der Waals surface area contributed by atoms with Crippen LogP contribution < -0.4 is 16.0 Å². The van der Waals surface area contributed by atoms with Gasteiger partial charge in [0.1, 0.15) is 0 Å². The topological polar surface area (TPSA) is 155 Å². The van der Waals surface area contributed by atoms with Crippen LogP contribution in [0.4, 0.5) is 17.1 Å². The Hall–Kier alpha value is -5.78. The van der Waals surface area contributed by atoms with Crippen LogP contribution in [0.25, 0.3) is 21.5 Å². The molecule has 0 unspecified atom stereocenters. The second-order valence-corrected chi connectivity index (χ2v) is 11.3. The fraction of sp³-hybridized carbons (Fsp3) is 0. The van der Waals surface area contributed by atoms with Crippen molar-refractivity contribution in [3.8, 4) is 0 Å². The normalized spacial score (nSPS) is 11.3. The number of anilines is 3. The van der Waals surface area contributed by atoms with Gasteiger partial charge in [0.15, 0.2) is 5.76 Å². The molecule has 6 aromatic rings. The van der Waals surface area contributed by atoms with Gasteiger partial charge in [-0.2, -0.15) is 8.42 Å². The molecule has 0 aliphatic carbocycles. The molecule has 0 fully saturated rings. The SMILES string of the molecule is O=C(Nc1cccc2ccccc12)c1cc(NC(=O)c2ccco2)cc(C(=O)Nc2cccc3cc(S(=O)(=O)O)ccc23)c1. The molecule has 0 saturated carbocycles. The molecule has 1 heterocycles. The van der Waals surface area contributed by atoms with Gasteiger partial charge in [-0.3, -0.25) is 18.9 Å². The van der Waals surface area contributed by atoms with Crippen molar-refractivity contribution in [3.63, 3.8) is 0 Å². The fourth-order valence-corrected chi connectivity index (χ4v) is 5.33. The number of hydrogen-bond acceptors (Lipinski definition) is 6. The van der Waals surface area contributed by atoms with E-state index in [9.17, 15) is 27.4 Å². The standard InChI is InChI=1S/C33H23N3O7S/c37-31(35-28-10-3-7-20-6-1-2-9-26(20)28)22-16-23(18-24(17-22)34-33(39)30-12-5-15-43-30)32(38)36-29-11-4-8-21-19-25(44(40,41)42)13-14-27(21)29/h1-19H,(H,34,39)(H,35,37)(H,36,38)(H,40,41,42). The summed E-state index contributed by atoms with van der Waals surface area (Å²) in [6, 6.07) is 29.3. The molecule has 0 aliphatic heterocycles. The van der Waals surface area contributed by atoms with Crippen molar-refractivity contribution in [2.75, 3.05) is 16.0 Å². The van der Waals surface area contributed by atoms with Crippen LogP contribution in [-0.4, -0.2) is 30.7 Å². The molecule has 44 heavy (non-hydrogen) atoms. The summed E-state index contributed by atoms with van der Waals surface area (Å²) in [6.45, 7) is 0. The lowest BCUT2D eigenvalue weighted by Gasteiger charge is -2.13. The van der Waals surface area contributed by atoms with E-state index in [1.807, 2.05) is 36.4 Å². The summed E-state index contributed by atoms with van der Waals surface area (Å²) in [5.41, 5.74) is 1.29. The molecule has 0 spiro atoms. The molecule has 0 aliphatic rings. The van der Waals surface area contributed by atoms with Crippen molar-refractivity contribution in [3.05, 3.63) is 132 Å². The minimum absolute atomic E-state index is 0.0432. The monoisotopic (exact) mass is 605 g/mol. The number of furan rings is 1. The zero-order chi connectivity index (χ0) is 30.8. The molecule has 10 nitrogen and oxygen atoms in total. The van der Waals surface area contributed by atoms with Gasteiger partial charge in [-0.1, -0.05) is 54.6 Å². The van der Waals surface area contributed by atoms with Crippen LogP contribution in [0.3, 0.4) is 0 Å². The quantitative estimate of drug-likeness (QED) is 0.150. The largest absolute Gasteiger partial charge is 0.459 e.